The molecule has 0 saturated carbocycles. The molecule has 2 nitrogen and oxygen atoms in total. The van der Waals surface area contributed by atoms with E-state index in [4.69, 9.17) is 11.6 Å². The van der Waals surface area contributed by atoms with E-state index < -0.39 is 0 Å². The predicted octanol–water partition coefficient (Wildman–Crippen LogP) is 1.93. The number of aromatic nitrogens is 1. The first-order valence-electron chi connectivity index (χ1n) is 2.87. The second-order valence-electron chi connectivity index (χ2n) is 1.76. The van der Waals surface area contributed by atoms with Crippen molar-refractivity contribution in [3.63, 3.8) is 0 Å². The number of hydrogen-bond donors (Lipinski definition) is 0. The first kappa shape index (κ1) is 7.69. The van der Waals surface area contributed by atoms with Crippen molar-refractivity contribution < 1.29 is 4.79 Å². The van der Waals surface area contributed by atoms with Crippen LogP contribution in [-0.4, -0.2) is 11.3 Å². The van der Waals surface area contributed by atoms with Crippen molar-refractivity contribution in [3.8, 4) is 0 Å². The summed E-state index contributed by atoms with van der Waals surface area (Å²) < 4.78 is 0.681. The Morgan fingerprint density at radius 3 is 3.10 bits per heavy atom. The van der Waals surface area contributed by atoms with Gasteiger partial charge >= 0.3 is 0 Å². The number of aryl methyl sites for hydroxylation is 1. The Bertz CT molecular complexity index is 223. The van der Waals surface area contributed by atoms with Crippen molar-refractivity contribution in [3.05, 3.63) is 15.5 Å². The van der Waals surface area contributed by atoms with Gasteiger partial charge in [0.1, 0.15) is 10.6 Å². The van der Waals surface area contributed by atoms with Gasteiger partial charge in [-0.15, -0.1) is 11.3 Å². The molecule has 0 aliphatic rings. The maximum absolute atomic E-state index is 9.93. The molecule has 0 fully saturated rings. The normalized spacial score (nSPS) is 9.70. The van der Waals surface area contributed by atoms with E-state index in [9.17, 15) is 4.79 Å². The second kappa shape index (κ2) is 3.68. The molecule has 0 amide bonds. The van der Waals surface area contributed by atoms with Gasteiger partial charge in [0.15, 0.2) is 0 Å². The highest BCUT2D eigenvalue weighted by molar-refractivity contribution is 7.15. The van der Waals surface area contributed by atoms with E-state index in [2.05, 4.69) is 4.98 Å². The zero-order valence-corrected chi connectivity index (χ0v) is 6.78. The molecule has 0 bridgehead atoms. The number of carbonyl (C=O) groups is 1. The fraction of sp³-hybridized carbons (Fsp3) is 0.333. The summed E-state index contributed by atoms with van der Waals surface area (Å²) in [6.07, 6.45) is 3.73. The van der Waals surface area contributed by atoms with Gasteiger partial charge in [0, 0.05) is 12.8 Å². The minimum Gasteiger partial charge on any atom is -0.303 e. The molecular weight excluding hydrogens is 170 g/mol. The quantitative estimate of drug-likeness (QED) is 0.658. The Morgan fingerprint density at radius 1 is 1.80 bits per heavy atom. The van der Waals surface area contributed by atoms with Gasteiger partial charge < -0.3 is 4.79 Å². The smallest absolute Gasteiger partial charge is 0.120 e. The Labute approximate surface area is 67.9 Å². The molecule has 10 heavy (non-hydrogen) atoms. The lowest BCUT2D eigenvalue weighted by Crippen LogP contribution is -1.82. The third kappa shape index (κ3) is 2.08. The Morgan fingerprint density at radius 2 is 2.60 bits per heavy atom. The molecule has 0 aliphatic carbocycles. The van der Waals surface area contributed by atoms with E-state index in [-0.39, 0.29) is 0 Å². The molecule has 0 saturated heterocycles. The third-order valence-electron chi connectivity index (χ3n) is 1.00. The molecule has 1 heterocycles. The van der Waals surface area contributed by atoms with Crippen LogP contribution in [0.1, 0.15) is 11.4 Å². The zero-order valence-electron chi connectivity index (χ0n) is 5.21. The minimum absolute atomic E-state index is 0.532. The summed E-state index contributed by atoms with van der Waals surface area (Å²) in [6, 6.07) is 0. The topological polar surface area (TPSA) is 30.0 Å². The van der Waals surface area contributed by atoms with Gasteiger partial charge in [-0.1, -0.05) is 11.6 Å². The fourth-order valence-electron chi connectivity index (χ4n) is 0.586. The molecule has 0 aromatic carbocycles. The number of hydrogen-bond acceptors (Lipinski definition) is 3. The average molecular weight is 176 g/mol. The summed E-state index contributed by atoms with van der Waals surface area (Å²) in [5, 5.41) is 0.928. The van der Waals surface area contributed by atoms with E-state index in [1.54, 1.807) is 6.20 Å². The monoisotopic (exact) mass is 175 g/mol. The average Bonchev–Trinajstić information content (AvgIpc) is 2.31. The molecule has 0 aliphatic heterocycles. The van der Waals surface area contributed by atoms with Gasteiger partial charge in [0.2, 0.25) is 0 Å². The summed E-state index contributed by atoms with van der Waals surface area (Å²) in [5.41, 5.74) is 0. The van der Waals surface area contributed by atoms with Gasteiger partial charge in [-0.3, -0.25) is 0 Å². The van der Waals surface area contributed by atoms with Crippen molar-refractivity contribution >= 4 is 29.2 Å². The van der Waals surface area contributed by atoms with Gasteiger partial charge in [-0.25, -0.2) is 4.98 Å². The molecule has 1 rings (SSSR count). The van der Waals surface area contributed by atoms with Crippen LogP contribution in [0.25, 0.3) is 0 Å². The van der Waals surface area contributed by atoms with Crippen LogP contribution in [-0.2, 0) is 11.2 Å². The number of carbonyl (C=O) groups excluding carboxylic acids is 1. The van der Waals surface area contributed by atoms with Crippen molar-refractivity contribution in [2.24, 2.45) is 0 Å². The van der Waals surface area contributed by atoms with Crippen LogP contribution >= 0.6 is 22.9 Å². The van der Waals surface area contributed by atoms with Crippen LogP contribution in [0, 0.1) is 0 Å². The van der Waals surface area contributed by atoms with Crippen LogP contribution in [0.4, 0.5) is 0 Å². The van der Waals surface area contributed by atoms with Crippen LogP contribution in [0.15, 0.2) is 6.20 Å². The summed E-state index contributed by atoms with van der Waals surface area (Å²) in [6.45, 7) is 0. The standard InChI is InChI=1S/C6H6ClNOS/c7-5-4-8-6(10-5)2-1-3-9/h3-4H,1-2H2. The zero-order chi connectivity index (χ0) is 7.40. The SMILES string of the molecule is O=CCCc1ncc(Cl)s1. The Balaban J connectivity index is 2.49. The fourth-order valence-corrected chi connectivity index (χ4v) is 1.56. The summed E-state index contributed by atoms with van der Waals surface area (Å²) in [5.74, 6) is 0. The largest absolute Gasteiger partial charge is 0.303 e. The molecule has 0 radical (unpaired) electrons. The Kier molecular flexibility index (Phi) is 2.83. The lowest BCUT2D eigenvalue weighted by Gasteiger charge is -1.84. The van der Waals surface area contributed by atoms with E-state index >= 15 is 0 Å². The molecule has 1 aromatic heterocycles. The third-order valence-corrected chi connectivity index (χ3v) is 2.18. The highest BCUT2D eigenvalue weighted by atomic mass is 35.5. The van der Waals surface area contributed by atoms with E-state index in [0.717, 1.165) is 11.3 Å². The molecule has 54 valence electrons. The van der Waals surface area contributed by atoms with Gasteiger partial charge in [0.25, 0.3) is 0 Å². The lowest BCUT2D eigenvalue weighted by atomic mass is 10.3. The number of nitrogens with zero attached hydrogens (tertiary/aromatic N) is 1. The van der Waals surface area contributed by atoms with Crippen molar-refractivity contribution in [1.29, 1.82) is 0 Å². The van der Waals surface area contributed by atoms with E-state index in [1.165, 1.54) is 11.3 Å². The highest BCUT2D eigenvalue weighted by Crippen LogP contribution is 2.18. The molecular formula is C6H6ClNOS. The second-order valence-corrected chi connectivity index (χ2v) is 3.51. The first-order valence-corrected chi connectivity index (χ1v) is 4.06. The minimum atomic E-state index is 0.532. The number of rotatable bonds is 3. The van der Waals surface area contributed by atoms with Crippen LogP contribution < -0.4 is 0 Å². The number of aldehydes is 1. The molecule has 0 spiro atoms. The van der Waals surface area contributed by atoms with Gasteiger partial charge in [0.05, 0.1) is 11.2 Å². The molecule has 0 unspecified atom stereocenters. The lowest BCUT2D eigenvalue weighted by molar-refractivity contribution is -0.107. The molecule has 0 N–H and O–H groups in total. The number of thiazole rings is 1. The maximum Gasteiger partial charge on any atom is 0.120 e. The van der Waals surface area contributed by atoms with Crippen molar-refractivity contribution in [1.82, 2.24) is 4.98 Å². The number of halogens is 1. The molecule has 4 heteroatoms. The van der Waals surface area contributed by atoms with Crippen molar-refractivity contribution in [2.75, 3.05) is 0 Å². The molecule has 1 aromatic rings. The summed E-state index contributed by atoms with van der Waals surface area (Å²) in [4.78, 5) is 13.9. The highest BCUT2D eigenvalue weighted by Gasteiger charge is 1.97. The predicted molar refractivity (Wildman–Crippen MR) is 41.5 cm³/mol. The summed E-state index contributed by atoms with van der Waals surface area (Å²) in [7, 11) is 0. The van der Waals surface area contributed by atoms with Gasteiger partial charge in [-0.05, 0) is 0 Å². The van der Waals surface area contributed by atoms with Gasteiger partial charge in [-0.2, -0.15) is 0 Å². The van der Waals surface area contributed by atoms with E-state index in [1.807, 2.05) is 0 Å². The first-order chi connectivity index (χ1) is 4.83. The van der Waals surface area contributed by atoms with Crippen LogP contribution in [0.3, 0.4) is 0 Å². The van der Waals surface area contributed by atoms with Crippen molar-refractivity contribution in [2.45, 2.75) is 12.8 Å². The summed E-state index contributed by atoms with van der Waals surface area (Å²) >= 11 is 7.03. The maximum atomic E-state index is 9.93. The van der Waals surface area contributed by atoms with Crippen LogP contribution in [0.5, 0.6) is 0 Å². The van der Waals surface area contributed by atoms with E-state index in [0.29, 0.717) is 17.2 Å². The van der Waals surface area contributed by atoms with Crippen LogP contribution in [0.2, 0.25) is 4.34 Å². The molecule has 0 atom stereocenters. The Hall–Kier alpha value is -0.410.